The molecule has 0 aromatic heterocycles. The molecule has 4 nitrogen and oxygen atoms in total. The number of amides is 1. The van der Waals surface area contributed by atoms with Crippen molar-refractivity contribution in [3.8, 4) is 5.75 Å². The molecule has 112 valence electrons. The number of hydrogen-bond donors (Lipinski definition) is 1. The van der Waals surface area contributed by atoms with Crippen LogP contribution in [0.15, 0.2) is 12.1 Å². The van der Waals surface area contributed by atoms with Crippen molar-refractivity contribution < 1.29 is 14.3 Å². The second-order valence-electron chi connectivity index (χ2n) is 5.80. The van der Waals surface area contributed by atoms with Gasteiger partial charge in [0.05, 0.1) is 10.7 Å². The summed E-state index contributed by atoms with van der Waals surface area (Å²) in [6.45, 7) is -0.0229. The summed E-state index contributed by atoms with van der Waals surface area (Å²) in [7, 11) is 0. The molecule has 0 spiro atoms. The molecule has 1 saturated carbocycles. The molecule has 5 heteroatoms. The van der Waals surface area contributed by atoms with Crippen molar-refractivity contribution in [2.24, 2.45) is 5.92 Å². The van der Waals surface area contributed by atoms with Gasteiger partial charge in [0, 0.05) is 12.0 Å². The number of ketones is 1. The summed E-state index contributed by atoms with van der Waals surface area (Å²) < 4.78 is 5.35. The van der Waals surface area contributed by atoms with Crippen LogP contribution in [0.4, 0.5) is 5.69 Å². The van der Waals surface area contributed by atoms with Crippen LogP contribution < -0.4 is 10.1 Å². The number of Topliss-reactive ketones (excluding diaryl/α,β-unsaturated/α-hetero) is 1. The van der Waals surface area contributed by atoms with E-state index in [1.165, 1.54) is 19.3 Å². The monoisotopic (exact) mass is 307 g/mol. The Kier molecular flexibility index (Phi) is 4.15. The molecule has 0 atom stereocenters. The molecule has 1 aliphatic carbocycles. The number of ether oxygens (including phenoxy) is 1. The molecule has 0 saturated heterocycles. The lowest BCUT2D eigenvalue weighted by Crippen LogP contribution is -2.25. The van der Waals surface area contributed by atoms with Gasteiger partial charge >= 0.3 is 0 Å². The first-order valence-electron chi connectivity index (χ1n) is 7.43. The van der Waals surface area contributed by atoms with E-state index in [0.717, 1.165) is 12.8 Å². The number of fused-ring (bicyclic) bond motifs is 1. The summed E-state index contributed by atoms with van der Waals surface area (Å²) in [6.07, 6.45) is 6.50. The Hall–Kier alpha value is -1.55. The maximum absolute atomic E-state index is 12.5. The van der Waals surface area contributed by atoms with E-state index in [1.54, 1.807) is 12.1 Å². The first kappa shape index (κ1) is 14.4. The molecule has 1 heterocycles. The normalized spacial score (nSPS) is 18.6. The minimum Gasteiger partial charge on any atom is -0.482 e. The summed E-state index contributed by atoms with van der Waals surface area (Å²) in [5, 5.41) is 3.06. The van der Waals surface area contributed by atoms with Crippen LogP contribution in [0.2, 0.25) is 5.02 Å². The van der Waals surface area contributed by atoms with E-state index in [1.807, 2.05) is 0 Å². The molecule has 1 amide bonds. The summed E-state index contributed by atoms with van der Waals surface area (Å²) >= 11 is 6.19. The van der Waals surface area contributed by atoms with Crippen molar-refractivity contribution in [3.05, 3.63) is 22.7 Å². The summed E-state index contributed by atoms with van der Waals surface area (Å²) in [4.78, 5) is 23.7. The van der Waals surface area contributed by atoms with Crippen molar-refractivity contribution >= 4 is 29.0 Å². The van der Waals surface area contributed by atoms with Gasteiger partial charge in [-0.15, -0.1) is 0 Å². The minimum absolute atomic E-state index is 0.0229. The minimum atomic E-state index is -0.208. The largest absolute Gasteiger partial charge is 0.482 e. The third-order valence-corrected chi connectivity index (χ3v) is 4.51. The van der Waals surface area contributed by atoms with E-state index in [0.29, 0.717) is 34.4 Å². The van der Waals surface area contributed by atoms with Gasteiger partial charge < -0.3 is 10.1 Å². The average Bonchev–Trinajstić information content (AvgIpc) is 2.47. The number of carbonyl (C=O) groups is 2. The van der Waals surface area contributed by atoms with Crippen LogP contribution in [0.25, 0.3) is 0 Å². The molecule has 21 heavy (non-hydrogen) atoms. The predicted molar refractivity (Wildman–Crippen MR) is 81.1 cm³/mol. The van der Waals surface area contributed by atoms with Crippen molar-refractivity contribution in [3.63, 3.8) is 0 Å². The standard InChI is InChI=1S/C16H18ClNO3/c17-12-8-13-15(21-9-16(20)18-13)7-11(12)14(19)6-10-4-2-1-3-5-10/h7-8,10H,1-6,9H2,(H,18,20). The number of nitrogens with one attached hydrogen (secondary N) is 1. The Morgan fingerprint density at radius 2 is 2.05 bits per heavy atom. The molecule has 2 aliphatic rings. The quantitative estimate of drug-likeness (QED) is 0.864. The third-order valence-electron chi connectivity index (χ3n) is 4.20. The zero-order chi connectivity index (χ0) is 14.8. The fourth-order valence-electron chi connectivity index (χ4n) is 3.08. The van der Waals surface area contributed by atoms with E-state index >= 15 is 0 Å². The van der Waals surface area contributed by atoms with Crippen LogP contribution in [0.1, 0.15) is 48.9 Å². The fraction of sp³-hybridized carbons (Fsp3) is 0.500. The lowest BCUT2D eigenvalue weighted by Gasteiger charge is -2.22. The van der Waals surface area contributed by atoms with Gasteiger partial charge in [0.25, 0.3) is 5.91 Å². The Morgan fingerprint density at radius 3 is 2.81 bits per heavy atom. The van der Waals surface area contributed by atoms with E-state index in [-0.39, 0.29) is 18.3 Å². The van der Waals surface area contributed by atoms with Gasteiger partial charge in [-0.3, -0.25) is 9.59 Å². The number of halogens is 1. The summed E-state index contributed by atoms with van der Waals surface area (Å²) in [5.41, 5.74) is 1.03. The summed E-state index contributed by atoms with van der Waals surface area (Å²) in [5.74, 6) is 0.847. The van der Waals surface area contributed by atoms with Crippen molar-refractivity contribution in [2.75, 3.05) is 11.9 Å². The van der Waals surface area contributed by atoms with Gasteiger partial charge in [-0.2, -0.15) is 0 Å². The SMILES string of the molecule is O=C1COc2cc(C(=O)CC3CCCCC3)c(Cl)cc2N1. The first-order chi connectivity index (χ1) is 10.1. The Morgan fingerprint density at radius 1 is 1.29 bits per heavy atom. The molecule has 1 aromatic carbocycles. The predicted octanol–water partition coefficient (Wildman–Crippen LogP) is 3.82. The molecule has 0 radical (unpaired) electrons. The number of anilines is 1. The first-order valence-corrected chi connectivity index (χ1v) is 7.80. The lowest BCUT2D eigenvalue weighted by molar-refractivity contribution is -0.118. The highest BCUT2D eigenvalue weighted by Gasteiger charge is 2.23. The number of hydrogen-bond acceptors (Lipinski definition) is 3. The van der Waals surface area contributed by atoms with Crippen LogP contribution in [0.5, 0.6) is 5.75 Å². The molecular formula is C16H18ClNO3. The van der Waals surface area contributed by atoms with Crippen LogP contribution in [0, 0.1) is 5.92 Å². The molecule has 1 fully saturated rings. The van der Waals surface area contributed by atoms with Crippen molar-refractivity contribution in [1.82, 2.24) is 0 Å². The van der Waals surface area contributed by atoms with Gasteiger partial charge in [-0.05, 0) is 18.1 Å². The number of carbonyl (C=O) groups excluding carboxylic acids is 2. The van der Waals surface area contributed by atoms with Crippen molar-refractivity contribution in [2.45, 2.75) is 38.5 Å². The van der Waals surface area contributed by atoms with Crippen LogP contribution in [-0.4, -0.2) is 18.3 Å². The highest BCUT2D eigenvalue weighted by atomic mass is 35.5. The zero-order valence-corrected chi connectivity index (χ0v) is 12.5. The Bertz CT molecular complexity index is 579. The van der Waals surface area contributed by atoms with Gasteiger partial charge in [-0.1, -0.05) is 43.7 Å². The van der Waals surface area contributed by atoms with E-state index < -0.39 is 0 Å². The van der Waals surface area contributed by atoms with Crippen LogP contribution in [0.3, 0.4) is 0 Å². The van der Waals surface area contributed by atoms with E-state index in [9.17, 15) is 9.59 Å². The number of rotatable bonds is 3. The fourth-order valence-corrected chi connectivity index (χ4v) is 3.35. The van der Waals surface area contributed by atoms with Gasteiger partial charge in [0.15, 0.2) is 12.4 Å². The van der Waals surface area contributed by atoms with Crippen molar-refractivity contribution in [1.29, 1.82) is 0 Å². The molecule has 1 N–H and O–H groups in total. The van der Waals surface area contributed by atoms with Gasteiger partial charge in [0.2, 0.25) is 0 Å². The molecule has 3 rings (SSSR count). The van der Waals surface area contributed by atoms with Gasteiger partial charge in [0.1, 0.15) is 5.75 Å². The average molecular weight is 308 g/mol. The number of benzene rings is 1. The van der Waals surface area contributed by atoms with E-state index in [2.05, 4.69) is 5.32 Å². The zero-order valence-electron chi connectivity index (χ0n) is 11.8. The molecule has 0 bridgehead atoms. The van der Waals surface area contributed by atoms with Crippen LogP contribution >= 0.6 is 11.6 Å². The molecule has 1 aromatic rings. The second-order valence-corrected chi connectivity index (χ2v) is 6.20. The smallest absolute Gasteiger partial charge is 0.262 e. The van der Waals surface area contributed by atoms with Crippen LogP contribution in [-0.2, 0) is 4.79 Å². The maximum Gasteiger partial charge on any atom is 0.262 e. The highest BCUT2D eigenvalue weighted by Crippen LogP contribution is 2.35. The highest BCUT2D eigenvalue weighted by molar-refractivity contribution is 6.34. The Balaban J connectivity index is 1.78. The molecular weight excluding hydrogens is 290 g/mol. The third kappa shape index (κ3) is 3.21. The topological polar surface area (TPSA) is 55.4 Å². The summed E-state index contributed by atoms with van der Waals surface area (Å²) in [6, 6.07) is 3.25. The second kappa shape index (κ2) is 6.06. The van der Waals surface area contributed by atoms with E-state index in [4.69, 9.17) is 16.3 Å². The maximum atomic E-state index is 12.5. The molecule has 0 unspecified atom stereocenters. The Labute approximate surface area is 128 Å². The van der Waals surface area contributed by atoms with Gasteiger partial charge in [-0.25, -0.2) is 0 Å². The molecule has 1 aliphatic heterocycles. The lowest BCUT2D eigenvalue weighted by atomic mass is 9.84.